The van der Waals surface area contributed by atoms with Crippen LogP contribution in [-0.2, 0) is 4.79 Å². The summed E-state index contributed by atoms with van der Waals surface area (Å²) in [5, 5.41) is 17.5. The van der Waals surface area contributed by atoms with Gasteiger partial charge < -0.3 is 10.2 Å². The summed E-state index contributed by atoms with van der Waals surface area (Å²) in [5.74, 6) is -3.46. The van der Waals surface area contributed by atoms with E-state index in [1.54, 1.807) is 0 Å². The van der Waals surface area contributed by atoms with Gasteiger partial charge in [0.25, 0.3) is 0 Å². The van der Waals surface area contributed by atoms with Gasteiger partial charge in [-0.1, -0.05) is 13.2 Å². The van der Waals surface area contributed by atoms with Gasteiger partial charge in [0.2, 0.25) is 0 Å². The van der Waals surface area contributed by atoms with Crippen LogP contribution in [0.4, 0.5) is 0 Å². The van der Waals surface area contributed by atoms with E-state index in [9.17, 15) is 4.79 Å². The molecule has 1 unspecified atom stereocenters. The first-order chi connectivity index (χ1) is 7.89. The Morgan fingerprint density at radius 2 is 2.55 bits per heavy atom. The zero-order valence-electron chi connectivity index (χ0n) is 13.0. The van der Waals surface area contributed by atoms with E-state index in [0.717, 1.165) is 0 Å². The predicted octanol–water partition coefficient (Wildman–Crippen LogP) is 1.26. The fourth-order valence-electron chi connectivity index (χ4n) is 0.640. The highest BCUT2D eigenvalue weighted by molar-refractivity contribution is 5.69. The van der Waals surface area contributed by atoms with Gasteiger partial charge in [0, 0.05) is 16.2 Å². The minimum atomic E-state index is -3.29. The van der Waals surface area contributed by atoms with Gasteiger partial charge in [-0.3, -0.25) is 4.79 Å². The smallest absolute Gasteiger partial charge is 0.306 e. The number of carboxylic acids is 1. The molecule has 0 aliphatic heterocycles. The molecule has 0 aromatic rings. The van der Waals surface area contributed by atoms with Crippen LogP contribution in [0.5, 0.6) is 0 Å². The fraction of sp³-hybridized carbons (Fsp3) is 0.875. The molecule has 1 atom stereocenters. The van der Waals surface area contributed by atoms with Crippen molar-refractivity contribution in [1.29, 1.82) is 0 Å². The molecule has 0 fully saturated rings. The summed E-state index contributed by atoms with van der Waals surface area (Å²) in [7, 11) is 0. The van der Waals surface area contributed by atoms with E-state index in [1.807, 2.05) is 0 Å². The molecule has 0 aliphatic carbocycles. The highest BCUT2D eigenvalue weighted by atomic mass is 16.4. The van der Waals surface area contributed by atoms with Crippen molar-refractivity contribution in [1.82, 2.24) is 0 Å². The molecule has 66 valence electrons. The summed E-state index contributed by atoms with van der Waals surface area (Å²) in [4.78, 5) is 11.0. The number of rotatable bonds is 6. The second-order valence-corrected chi connectivity index (χ2v) is 2.03. The Bertz CT molecular complexity index is 300. The van der Waals surface area contributed by atoms with Crippen LogP contribution >= 0.6 is 0 Å². The minimum absolute atomic E-state index is 0.0481. The van der Waals surface area contributed by atoms with Crippen molar-refractivity contribution >= 4 is 5.97 Å². The van der Waals surface area contributed by atoms with E-state index in [-0.39, 0.29) is 19.4 Å². The highest BCUT2D eigenvalue weighted by Crippen LogP contribution is 2.12. The van der Waals surface area contributed by atoms with Gasteiger partial charge >= 0.3 is 5.97 Å². The van der Waals surface area contributed by atoms with Crippen LogP contribution in [0.15, 0.2) is 0 Å². The van der Waals surface area contributed by atoms with Crippen LogP contribution in [0.2, 0.25) is 0 Å². The van der Waals surface area contributed by atoms with Crippen molar-refractivity contribution in [3.8, 4) is 0 Å². The van der Waals surface area contributed by atoms with Gasteiger partial charge in [0.1, 0.15) is 0 Å². The van der Waals surface area contributed by atoms with Crippen molar-refractivity contribution in [2.75, 3.05) is 6.61 Å². The average molecular weight is 167 g/mol. The lowest BCUT2D eigenvalue weighted by Crippen LogP contribution is -2.13. The van der Waals surface area contributed by atoms with E-state index in [4.69, 9.17) is 19.8 Å². The molecule has 3 heteroatoms. The molecule has 0 aliphatic rings. The molecule has 0 spiro atoms. The Hall–Kier alpha value is -0.570. The molecule has 0 radical (unpaired) electrons. The number of aliphatic hydroxyl groups excluding tert-OH is 1. The zero-order valence-corrected chi connectivity index (χ0v) is 6.00. The molecule has 2 N–H and O–H groups in total. The van der Waals surface area contributed by atoms with E-state index in [0.29, 0.717) is 0 Å². The Labute approximate surface area is 76.9 Å². The minimum Gasteiger partial charge on any atom is -0.481 e. The largest absolute Gasteiger partial charge is 0.481 e. The Morgan fingerprint density at radius 1 is 1.82 bits per heavy atom. The van der Waals surface area contributed by atoms with Gasteiger partial charge in [-0.05, 0) is 19.2 Å². The van der Waals surface area contributed by atoms with Gasteiger partial charge in [-0.25, -0.2) is 0 Å². The molecule has 0 aromatic heterocycles. The van der Waals surface area contributed by atoms with Crippen LogP contribution in [0.1, 0.15) is 42.0 Å². The number of carboxylic acid groups (broad SMARTS) is 1. The molecule has 0 heterocycles. The SMILES string of the molecule is [2H]C([2H])([2H])C([2H])([2H])C([2H])([2H])C(CCCO)C(=O)O. The van der Waals surface area contributed by atoms with Gasteiger partial charge in [-0.2, -0.15) is 0 Å². The van der Waals surface area contributed by atoms with Crippen LogP contribution in [0.25, 0.3) is 0 Å². The summed E-state index contributed by atoms with van der Waals surface area (Å²) in [5.41, 5.74) is 0. The highest BCUT2D eigenvalue weighted by Gasteiger charge is 2.14. The zero-order chi connectivity index (χ0) is 14.8. The third-order valence-electron chi connectivity index (χ3n) is 1.20. The van der Waals surface area contributed by atoms with E-state index in [1.165, 1.54) is 0 Å². The van der Waals surface area contributed by atoms with Gasteiger partial charge in [-0.15, -0.1) is 0 Å². The third-order valence-corrected chi connectivity index (χ3v) is 1.20. The Balaban J connectivity index is 5.35. The molecule has 0 bridgehead atoms. The summed E-state index contributed by atoms with van der Waals surface area (Å²) in [6.45, 7) is -3.65. The van der Waals surface area contributed by atoms with Gasteiger partial charge in [0.15, 0.2) is 0 Å². The summed E-state index contributed by atoms with van der Waals surface area (Å²) in [6.07, 6.45) is -6.75. The molecular formula is C8H16O3. The van der Waals surface area contributed by atoms with Crippen LogP contribution < -0.4 is 0 Å². The van der Waals surface area contributed by atoms with Gasteiger partial charge in [0.05, 0.1) is 5.92 Å². The Morgan fingerprint density at radius 3 is 3.00 bits per heavy atom. The van der Waals surface area contributed by atoms with Crippen molar-refractivity contribution in [3.63, 3.8) is 0 Å². The number of aliphatic hydroxyl groups is 1. The normalized spacial score (nSPS) is 26.1. The van der Waals surface area contributed by atoms with Crippen molar-refractivity contribution in [2.45, 2.75) is 32.4 Å². The lowest BCUT2D eigenvalue weighted by atomic mass is 9.98. The number of hydrogen-bond donors (Lipinski definition) is 2. The maximum absolute atomic E-state index is 11.0. The first kappa shape index (κ1) is 3.44. The molecule has 3 nitrogen and oxygen atoms in total. The van der Waals surface area contributed by atoms with Crippen LogP contribution in [-0.4, -0.2) is 22.8 Å². The second-order valence-electron chi connectivity index (χ2n) is 2.03. The number of aliphatic carboxylic acids is 1. The molecule has 0 aromatic carbocycles. The second kappa shape index (κ2) is 6.16. The van der Waals surface area contributed by atoms with Crippen LogP contribution in [0, 0.1) is 5.92 Å². The average Bonchev–Trinajstić information content (AvgIpc) is 2.15. The first-order valence-corrected chi connectivity index (χ1v) is 3.23. The lowest BCUT2D eigenvalue weighted by Gasteiger charge is -2.08. The molecule has 0 amide bonds. The lowest BCUT2D eigenvalue weighted by molar-refractivity contribution is -0.142. The molecule has 0 saturated heterocycles. The van der Waals surface area contributed by atoms with Crippen LogP contribution in [0.3, 0.4) is 0 Å². The summed E-state index contributed by atoms with van der Waals surface area (Å²) in [6, 6.07) is 0. The fourth-order valence-corrected chi connectivity index (χ4v) is 0.640. The quantitative estimate of drug-likeness (QED) is 0.626. The van der Waals surface area contributed by atoms with E-state index >= 15 is 0 Å². The van der Waals surface area contributed by atoms with E-state index in [2.05, 4.69) is 0 Å². The topological polar surface area (TPSA) is 57.5 Å². The first-order valence-electron chi connectivity index (χ1n) is 6.73. The standard InChI is InChI=1S/C8H16O3/c1-2-4-7(8(10)11)5-3-6-9/h7,9H,2-6H2,1H3,(H,10,11)/i1D3,2D2,4D2. The van der Waals surface area contributed by atoms with Crippen molar-refractivity contribution < 1.29 is 24.6 Å². The maximum Gasteiger partial charge on any atom is 0.306 e. The van der Waals surface area contributed by atoms with Crippen molar-refractivity contribution in [2.24, 2.45) is 5.92 Å². The summed E-state index contributed by atoms with van der Waals surface area (Å²) >= 11 is 0. The number of carbonyl (C=O) groups is 1. The molecular weight excluding hydrogens is 144 g/mol. The molecule has 0 saturated carbocycles. The number of hydrogen-bond acceptors (Lipinski definition) is 2. The molecule has 11 heavy (non-hydrogen) atoms. The van der Waals surface area contributed by atoms with Crippen molar-refractivity contribution in [3.05, 3.63) is 0 Å². The monoisotopic (exact) mass is 167 g/mol. The predicted molar refractivity (Wildman–Crippen MR) is 42.4 cm³/mol. The maximum atomic E-state index is 11.0. The van der Waals surface area contributed by atoms with E-state index < -0.39 is 31.5 Å². The Kier molecular flexibility index (Phi) is 1.92. The third kappa shape index (κ3) is 4.79. The summed E-state index contributed by atoms with van der Waals surface area (Å²) < 4.78 is 50.7. The molecule has 0 rings (SSSR count).